The van der Waals surface area contributed by atoms with E-state index in [0.29, 0.717) is 11.5 Å². The first-order valence-electron chi connectivity index (χ1n) is 7.38. The lowest BCUT2D eigenvalue weighted by atomic mass is 9.87. The average molecular weight is 295 g/mol. The monoisotopic (exact) mass is 295 g/mol. The van der Waals surface area contributed by atoms with E-state index in [1.165, 1.54) is 5.56 Å². The van der Waals surface area contributed by atoms with Crippen LogP contribution in [0.15, 0.2) is 30.6 Å². The van der Waals surface area contributed by atoms with Gasteiger partial charge in [0.25, 0.3) is 0 Å². The molecule has 22 heavy (non-hydrogen) atoms. The number of rotatable bonds is 2. The Morgan fingerprint density at radius 1 is 1.14 bits per heavy atom. The summed E-state index contributed by atoms with van der Waals surface area (Å²) >= 11 is 0. The number of nitrogens with one attached hydrogen (secondary N) is 1. The molecule has 2 aromatic heterocycles. The highest BCUT2D eigenvalue weighted by molar-refractivity contribution is 5.85. The van der Waals surface area contributed by atoms with Crippen molar-refractivity contribution in [1.29, 1.82) is 0 Å². The van der Waals surface area contributed by atoms with E-state index in [9.17, 15) is 0 Å². The van der Waals surface area contributed by atoms with E-state index in [1.54, 1.807) is 6.33 Å². The number of aromatic nitrogens is 4. The van der Waals surface area contributed by atoms with Crippen molar-refractivity contribution in [2.45, 2.75) is 33.1 Å². The number of nitrogens with zero attached hydrogens (tertiary/aromatic N) is 4. The third kappa shape index (κ3) is 2.66. The third-order valence-electron chi connectivity index (χ3n) is 3.67. The Bertz CT molecular complexity index is 827. The Morgan fingerprint density at radius 3 is 2.64 bits per heavy atom. The highest BCUT2D eigenvalue weighted by Gasteiger charge is 2.15. The van der Waals surface area contributed by atoms with Crippen molar-refractivity contribution < 1.29 is 0 Å². The Kier molecular flexibility index (Phi) is 3.35. The molecule has 1 N–H and O–H groups in total. The molecule has 0 aliphatic heterocycles. The van der Waals surface area contributed by atoms with Crippen LogP contribution in [0.3, 0.4) is 0 Å². The van der Waals surface area contributed by atoms with E-state index in [1.807, 2.05) is 18.5 Å². The first-order valence-corrected chi connectivity index (χ1v) is 7.38. The summed E-state index contributed by atoms with van der Waals surface area (Å²) in [6, 6.07) is 8.43. The molecule has 0 atom stereocenters. The van der Waals surface area contributed by atoms with Gasteiger partial charge in [-0.1, -0.05) is 32.9 Å². The Labute approximate surface area is 130 Å². The molecule has 5 nitrogen and oxygen atoms in total. The number of aryl methyl sites for hydroxylation is 2. The van der Waals surface area contributed by atoms with Crippen LogP contribution < -0.4 is 5.32 Å². The third-order valence-corrected chi connectivity index (χ3v) is 3.67. The highest BCUT2D eigenvalue weighted by atomic mass is 15.1. The van der Waals surface area contributed by atoms with E-state index in [4.69, 9.17) is 0 Å². The molecule has 0 unspecified atom stereocenters. The fourth-order valence-electron chi connectivity index (χ4n) is 2.45. The summed E-state index contributed by atoms with van der Waals surface area (Å²) in [4.78, 5) is 13.2. The Balaban J connectivity index is 2.05. The van der Waals surface area contributed by atoms with Gasteiger partial charge in [-0.2, -0.15) is 0 Å². The maximum atomic E-state index is 4.54. The number of benzene rings is 1. The molecule has 5 heteroatoms. The van der Waals surface area contributed by atoms with Crippen LogP contribution in [0.2, 0.25) is 0 Å². The lowest BCUT2D eigenvalue weighted by molar-refractivity contribution is 0.590. The molecular weight excluding hydrogens is 274 g/mol. The fourth-order valence-corrected chi connectivity index (χ4v) is 2.45. The van der Waals surface area contributed by atoms with Crippen molar-refractivity contribution in [2.24, 2.45) is 7.05 Å². The maximum Gasteiger partial charge on any atom is 0.183 e. The maximum absolute atomic E-state index is 4.54. The molecule has 0 aliphatic rings. The largest absolute Gasteiger partial charge is 0.338 e. The van der Waals surface area contributed by atoms with Gasteiger partial charge in [0, 0.05) is 12.7 Å². The van der Waals surface area contributed by atoms with Crippen LogP contribution in [0.5, 0.6) is 0 Å². The molecule has 3 aromatic rings. The van der Waals surface area contributed by atoms with Crippen molar-refractivity contribution in [3.63, 3.8) is 0 Å². The second-order valence-corrected chi connectivity index (χ2v) is 6.60. The summed E-state index contributed by atoms with van der Waals surface area (Å²) in [5.41, 5.74) is 4.04. The van der Waals surface area contributed by atoms with Gasteiger partial charge in [-0.25, -0.2) is 15.0 Å². The van der Waals surface area contributed by atoms with Gasteiger partial charge < -0.3 is 9.88 Å². The Morgan fingerprint density at radius 2 is 1.91 bits per heavy atom. The van der Waals surface area contributed by atoms with Gasteiger partial charge in [0.15, 0.2) is 11.5 Å². The molecule has 114 valence electrons. The van der Waals surface area contributed by atoms with E-state index in [-0.39, 0.29) is 5.41 Å². The SMILES string of the molecule is Cc1nc(Nc2cccc(C(C)(C)C)c2)c2c(ncn2C)n1. The van der Waals surface area contributed by atoms with Gasteiger partial charge in [0.1, 0.15) is 11.3 Å². The number of fused-ring (bicyclic) bond motifs is 1. The van der Waals surface area contributed by atoms with Crippen LogP contribution >= 0.6 is 0 Å². The molecule has 0 bridgehead atoms. The van der Waals surface area contributed by atoms with Crippen LogP contribution in [0.4, 0.5) is 11.5 Å². The van der Waals surface area contributed by atoms with Crippen molar-refractivity contribution in [2.75, 3.05) is 5.32 Å². The fraction of sp³-hybridized carbons (Fsp3) is 0.353. The highest BCUT2D eigenvalue weighted by Crippen LogP contribution is 2.27. The van der Waals surface area contributed by atoms with E-state index >= 15 is 0 Å². The number of anilines is 2. The predicted molar refractivity (Wildman–Crippen MR) is 89.5 cm³/mol. The number of hydrogen-bond donors (Lipinski definition) is 1. The van der Waals surface area contributed by atoms with E-state index < -0.39 is 0 Å². The molecule has 0 aliphatic carbocycles. The number of hydrogen-bond acceptors (Lipinski definition) is 4. The number of imidazole rings is 1. The standard InChI is InChI=1S/C17H21N5/c1-11-19-15-14(22(5)10-18-15)16(20-11)21-13-8-6-7-12(9-13)17(2,3)4/h6-10H,1-5H3,(H,19,20,21). The van der Waals surface area contributed by atoms with Crippen LogP contribution in [-0.4, -0.2) is 19.5 Å². The molecule has 0 spiro atoms. The second kappa shape index (κ2) is 5.09. The van der Waals surface area contributed by atoms with Crippen molar-refractivity contribution >= 4 is 22.7 Å². The smallest absolute Gasteiger partial charge is 0.183 e. The van der Waals surface area contributed by atoms with Gasteiger partial charge in [0.05, 0.1) is 6.33 Å². The van der Waals surface area contributed by atoms with Gasteiger partial charge in [-0.3, -0.25) is 0 Å². The summed E-state index contributed by atoms with van der Waals surface area (Å²) in [6.07, 6.45) is 1.76. The minimum absolute atomic E-state index is 0.112. The zero-order valence-electron chi connectivity index (χ0n) is 13.7. The molecule has 2 heterocycles. The first kappa shape index (κ1) is 14.5. The molecule has 0 saturated carbocycles. The molecular formula is C17H21N5. The molecule has 0 saturated heterocycles. The van der Waals surface area contributed by atoms with Crippen molar-refractivity contribution in [3.05, 3.63) is 42.0 Å². The molecule has 0 amide bonds. The topological polar surface area (TPSA) is 55.6 Å². The Hall–Kier alpha value is -2.43. The van der Waals surface area contributed by atoms with Crippen molar-refractivity contribution in [1.82, 2.24) is 19.5 Å². The van der Waals surface area contributed by atoms with Crippen molar-refractivity contribution in [3.8, 4) is 0 Å². The van der Waals surface area contributed by atoms with Gasteiger partial charge in [-0.05, 0) is 30.0 Å². The van der Waals surface area contributed by atoms with Gasteiger partial charge >= 0.3 is 0 Å². The van der Waals surface area contributed by atoms with Crippen LogP contribution in [-0.2, 0) is 12.5 Å². The summed E-state index contributed by atoms with van der Waals surface area (Å²) in [5.74, 6) is 1.49. The van der Waals surface area contributed by atoms with Gasteiger partial charge in [0.2, 0.25) is 0 Å². The summed E-state index contributed by atoms with van der Waals surface area (Å²) < 4.78 is 1.94. The predicted octanol–water partition coefficient (Wildman–Crippen LogP) is 3.71. The molecule has 0 fully saturated rings. The van der Waals surface area contributed by atoms with Crippen LogP contribution in [0, 0.1) is 6.92 Å². The first-order chi connectivity index (χ1) is 10.3. The van der Waals surface area contributed by atoms with E-state index in [2.05, 4.69) is 65.3 Å². The summed E-state index contributed by atoms with van der Waals surface area (Å²) in [5, 5.41) is 3.42. The second-order valence-electron chi connectivity index (χ2n) is 6.60. The zero-order valence-corrected chi connectivity index (χ0v) is 13.7. The minimum atomic E-state index is 0.112. The zero-order chi connectivity index (χ0) is 15.9. The van der Waals surface area contributed by atoms with Gasteiger partial charge in [-0.15, -0.1) is 0 Å². The van der Waals surface area contributed by atoms with E-state index in [0.717, 1.165) is 17.0 Å². The lowest BCUT2D eigenvalue weighted by Gasteiger charge is -2.20. The van der Waals surface area contributed by atoms with Crippen LogP contribution in [0.25, 0.3) is 11.2 Å². The lowest BCUT2D eigenvalue weighted by Crippen LogP contribution is -2.11. The average Bonchev–Trinajstić information content (AvgIpc) is 2.79. The molecule has 3 rings (SSSR count). The molecule has 0 radical (unpaired) electrons. The normalized spacial score (nSPS) is 11.9. The molecule has 1 aromatic carbocycles. The van der Waals surface area contributed by atoms with Crippen LogP contribution in [0.1, 0.15) is 32.2 Å². The summed E-state index contributed by atoms with van der Waals surface area (Å²) in [6.45, 7) is 8.51. The summed E-state index contributed by atoms with van der Waals surface area (Å²) in [7, 11) is 1.95. The minimum Gasteiger partial charge on any atom is -0.338 e. The quantitative estimate of drug-likeness (QED) is 0.783.